The number of carbonyl (C=O) groups is 1. The lowest BCUT2D eigenvalue weighted by molar-refractivity contribution is 0.185. The van der Waals surface area contributed by atoms with E-state index in [9.17, 15) is 4.79 Å². The maximum atomic E-state index is 12.6. The second-order valence-electron chi connectivity index (χ2n) is 6.90. The van der Waals surface area contributed by atoms with Crippen LogP contribution in [-0.4, -0.2) is 30.1 Å². The van der Waals surface area contributed by atoms with Crippen LogP contribution in [0.3, 0.4) is 0 Å². The summed E-state index contributed by atoms with van der Waals surface area (Å²) < 4.78 is 0. The fourth-order valence-corrected chi connectivity index (χ4v) is 4.00. The topological polar surface area (TPSA) is 32.3 Å². The largest absolute Gasteiger partial charge is 0.334 e. The van der Waals surface area contributed by atoms with E-state index in [4.69, 9.17) is 0 Å². The molecule has 4 rings (SSSR count). The van der Waals surface area contributed by atoms with Gasteiger partial charge in [0, 0.05) is 31.0 Å². The number of likely N-dealkylation sites (tertiary alicyclic amines) is 1. The van der Waals surface area contributed by atoms with Crippen LogP contribution in [0.4, 0.5) is 4.79 Å². The van der Waals surface area contributed by atoms with Gasteiger partial charge in [-0.15, -0.1) is 0 Å². The van der Waals surface area contributed by atoms with Gasteiger partial charge >= 0.3 is 6.03 Å². The normalized spacial score (nSPS) is 26.0. The number of carbonyl (C=O) groups excluding carboxylic acids is 1. The van der Waals surface area contributed by atoms with Gasteiger partial charge in [-0.1, -0.05) is 60.7 Å². The Bertz CT molecular complexity index is 634. The lowest BCUT2D eigenvalue weighted by atomic mass is 10.0. The summed E-state index contributed by atoms with van der Waals surface area (Å²) in [6.45, 7) is 1.79. The van der Waals surface area contributed by atoms with Crippen LogP contribution < -0.4 is 5.32 Å². The highest BCUT2D eigenvalue weighted by Gasteiger charge is 2.52. The van der Waals surface area contributed by atoms with Crippen molar-refractivity contribution in [1.29, 1.82) is 0 Å². The van der Waals surface area contributed by atoms with Crippen molar-refractivity contribution in [3.05, 3.63) is 71.8 Å². The van der Waals surface area contributed by atoms with Gasteiger partial charge in [0.05, 0.1) is 0 Å². The molecule has 1 aliphatic heterocycles. The van der Waals surface area contributed by atoms with Gasteiger partial charge in [-0.2, -0.15) is 0 Å². The monoisotopic (exact) mass is 320 g/mol. The van der Waals surface area contributed by atoms with Crippen molar-refractivity contribution in [1.82, 2.24) is 10.2 Å². The van der Waals surface area contributed by atoms with Gasteiger partial charge in [-0.05, 0) is 30.4 Å². The van der Waals surface area contributed by atoms with Crippen LogP contribution in [0.1, 0.15) is 42.2 Å². The fraction of sp³-hybridized carbons (Fsp3) is 0.381. The summed E-state index contributed by atoms with van der Waals surface area (Å²) in [5, 5.41) is 3.31. The van der Waals surface area contributed by atoms with Crippen molar-refractivity contribution in [2.45, 2.75) is 37.1 Å². The second-order valence-corrected chi connectivity index (χ2v) is 6.90. The highest BCUT2D eigenvalue weighted by Crippen LogP contribution is 2.54. The first kappa shape index (κ1) is 15.3. The summed E-state index contributed by atoms with van der Waals surface area (Å²) in [6.07, 6.45) is 3.50. The molecule has 24 heavy (non-hydrogen) atoms. The number of urea groups is 1. The maximum absolute atomic E-state index is 12.6. The van der Waals surface area contributed by atoms with Crippen molar-refractivity contribution < 1.29 is 4.79 Å². The van der Waals surface area contributed by atoms with Gasteiger partial charge in [-0.25, -0.2) is 4.79 Å². The summed E-state index contributed by atoms with van der Waals surface area (Å²) in [7, 11) is 0. The molecule has 1 saturated heterocycles. The zero-order valence-corrected chi connectivity index (χ0v) is 13.9. The molecular weight excluding hydrogens is 296 g/mol. The highest BCUT2D eigenvalue weighted by molar-refractivity contribution is 5.76. The van der Waals surface area contributed by atoms with E-state index in [-0.39, 0.29) is 12.1 Å². The molecule has 0 aromatic heterocycles. The SMILES string of the molecule is O=C(NC1[C@@H](c2ccccc2)[C@H]1c1ccccc1)N1CCCCC1. The number of hydrogen-bond acceptors (Lipinski definition) is 1. The Morgan fingerprint density at radius 3 is 1.79 bits per heavy atom. The average molecular weight is 320 g/mol. The molecule has 1 N–H and O–H groups in total. The molecule has 0 spiro atoms. The molecule has 1 heterocycles. The zero-order chi connectivity index (χ0) is 16.4. The van der Waals surface area contributed by atoms with Gasteiger partial charge in [-0.3, -0.25) is 0 Å². The Kier molecular flexibility index (Phi) is 4.24. The van der Waals surface area contributed by atoms with Gasteiger partial charge in [0.15, 0.2) is 0 Å². The summed E-state index contributed by atoms with van der Waals surface area (Å²) >= 11 is 0. The average Bonchev–Trinajstić information content (AvgIpc) is 3.37. The van der Waals surface area contributed by atoms with Crippen molar-refractivity contribution in [3.8, 4) is 0 Å². The molecule has 2 aromatic rings. The van der Waals surface area contributed by atoms with Gasteiger partial charge < -0.3 is 10.2 Å². The molecule has 124 valence electrons. The quantitative estimate of drug-likeness (QED) is 0.906. The second kappa shape index (κ2) is 6.68. The van der Waals surface area contributed by atoms with Gasteiger partial charge in [0.2, 0.25) is 0 Å². The minimum atomic E-state index is 0.110. The first-order chi connectivity index (χ1) is 11.8. The minimum Gasteiger partial charge on any atom is -0.334 e. The minimum absolute atomic E-state index is 0.110. The van der Waals surface area contributed by atoms with Gasteiger partial charge in [0.1, 0.15) is 0 Å². The summed E-state index contributed by atoms with van der Waals surface area (Å²) in [4.78, 5) is 14.6. The molecule has 3 nitrogen and oxygen atoms in total. The summed E-state index contributed by atoms with van der Waals surface area (Å²) in [5.41, 5.74) is 2.63. The van der Waals surface area contributed by atoms with E-state index in [2.05, 4.69) is 53.8 Å². The van der Waals surface area contributed by atoms with Crippen molar-refractivity contribution in [2.75, 3.05) is 13.1 Å². The number of hydrogen-bond donors (Lipinski definition) is 1. The Morgan fingerprint density at radius 1 is 0.792 bits per heavy atom. The zero-order valence-electron chi connectivity index (χ0n) is 13.9. The Morgan fingerprint density at radius 2 is 1.29 bits per heavy atom. The molecule has 0 radical (unpaired) electrons. The third-order valence-electron chi connectivity index (χ3n) is 5.32. The molecule has 2 amide bonds. The molecule has 2 fully saturated rings. The van der Waals surface area contributed by atoms with Crippen molar-refractivity contribution in [2.24, 2.45) is 0 Å². The Balaban J connectivity index is 1.52. The lowest BCUT2D eigenvalue weighted by Crippen LogP contribution is -2.44. The van der Waals surface area contributed by atoms with Crippen LogP contribution >= 0.6 is 0 Å². The van der Waals surface area contributed by atoms with Gasteiger partial charge in [0.25, 0.3) is 0 Å². The molecule has 1 saturated carbocycles. The fourth-order valence-electron chi connectivity index (χ4n) is 4.00. The smallest absolute Gasteiger partial charge is 0.317 e. The molecule has 2 aromatic carbocycles. The van der Waals surface area contributed by atoms with Crippen LogP contribution in [0.15, 0.2) is 60.7 Å². The van der Waals surface area contributed by atoms with E-state index >= 15 is 0 Å². The summed E-state index contributed by atoms with van der Waals surface area (Å²) in [5.74, 6) is 0.754. The molecule has 1 aliphatic carbocycles. The molecule has 1 unspecified atom stereocenters. The predicted octanol–water partition coefficient (Wildman–Crippen LogP) is 4.13. The van der Waals surface area contributed by atoms with E-state index in [1.54, 1.807) is 0 Å². The third kappa shape index (κ3) is 3.03. The van der Waals surface area contributed by atoms with E-state index in [1.165, 1.54) is 17.5 Å². The number of piperidine rings is 1. The van der Waals surface area contributed by atoms with Crippen LogP contribution in [0.2, 0.25) is 0 Å². The van der Waals surface area contributed by atoms with Crippen molar-refractivity contribution >= 4 is 6.03 Å². The van der Waals surface area contributed by atoms with Crippen LogP contribution in [-0.2, 0) is 0 Å². The molecule has 3 atom stereocenters. The van der Waals surface area contributed by atoms with Crippen molar-refractivity contribution in [3.63, 3.8) is 0 Å². The van der Waals surface area contributed by atoms with E-state index in [0.29, 0.717) is 11.8 Å². The number of nitrogens with zero attached hydrogens (tertiary/aromatic N) is 1. The number of benzene rings is 2. The first-order valence-corrected chi connectivity index (χ1v) is 9.00. The van der Waals surface area contributed by atoms with E-state index in [1.807, 2.05) is 17.0 Å². The number of nitrogens with one attached hydrogen (secondary N) is 1. The third-order valence-corrected chi connectivity index (χ3v) is 5.32. The lowest BCUT2D eigenvalue weighted by Gasteiger charge is -2.27. The standard InChI is InChI=1S/C21H24N2O/c24-21(23-14-8-3-9-15-23)22-20-18(16-10-4-1-5-11-16)19(20)17-12-6-2-7-13-17/h1-2,4-7,10-13,18-20H,3,8-9,14-15H2,(H,22,24)/t18-,19+,20?. The first-order valence-electron chi connectivity index (χ1n) is 9.00. The van der Waals surface area contributed by atoms with Crippen LogP contribution in [0.5, 0.6) is 0 Å². The van der Waals surface area contributed by atoms with Crippen LogP contribution in [0.25, 0.3) is 0 Å². The van der Waals surface area contributed by atoms with Crippen LogP contribution in [0, 0.1) is 0 Å². The molecular formula is C21H24N2O. The Hall–Kier alpha value is -2.29. The molecule has 0 bridgehead atoms. The van der Waals surface area contributed by atoms with E-state index in [0.717, 1.165) is 25.9 Å². The number of rotatable bonds is 3. The maximum Gasteiger partial charge on any atom is 0.317 e. The van der Waals surface area contributed by atoms with E-state index < -0.39 is 0 Å². The molecule has 3 heteroatoms. The Labute approximate surface area is 143 Å². The predicted molar refractivity (Wildman–Crippen MR) is 96.1 cm³/mol. The summed E-state index contributed by atoms with van der Waals surface area (Å²) in [6, 6.07) is 21.4. The number of amides is 2. The molecule has 2 aliphatic rings. The highest BCUT2D eigenvalue weighted by atomic mass is 16.2.